The van der Waals surface area contributed by atoms with Crippen molar-refractivity contribution >= 4 is 29.1 Å². The standard InChI is InChI=1S/C37H36N2O4/c1-3-5-22-16-24-18-28(22)32-30(24)34(40)38(36(32)42)26-11-7-20(8-12-26)15-21-9-13-27(14-10-21)39-35(41)31-25-17-23(6-4-2)29(19-25)33(31)37(39)43/h3-4,7-14,16-17,24-25,28-34,40H,1-2,5-6,15,18-19H2. The van der Waals surface area contributed by atoms with Gasteiger partial charge < -0.3 is 5.11 Å². The topological polar surface area (TPSA) is 77.9 Å². The van der Waals surface area contributed by atoms with Crippen molar-refractivity contribution in [2.24, 2.45) is 47.3 Å². The summed E-state index contributed by atoms with van der Waals surface area (Å²) in [4.78, 5) is 43.3. The van der Waals surface area contributed by atoms with E-state index >= 15 is 0 Å². The third kappa shape index (κ3) is 3.78. The number of benzene rings is 2. The summed E-state index contributed by atoms with van der Waals surface area (Å²) in [5.74, 6) is 0.0274. The molecule has 1 N–H and O–H groups in total. The third-order valence-corrected chi connectivity index (χ3v) is 11.2. The fraction of sp³-hybridized carbons (Fsp3) is 0.378. The van der Waals surface area contributed by atoms with E-state index in [1.165, 1.54) is 16.0 Å². The Hall–Kier alpha value is -4.03. The number of hydrogen-bond acceptors (Lipinski definition) is 4. The van der Waals surface area contributed by atoms with E-state index in [1.807, 2.05) is 60.7 Å². The van der Waals surface area contributed by atoms with Crippen LogP contribution in [0.4, 0.5) is 11.4 Å². The van der Waals surface area contributed by atoms with Gasteiger partial charge in [0.05, 0.1) is 23.4 Å². The summed E-state index contributed by atoms with van der Waals surface area (Å²) >= 11 is 0. The molecule has 9 unspecified atom stereocenters. The number of amides is 3. The average molecular weight is 573 g/mol. The van der Waals surface area contributed by atoms with Crippen LogP contribution < -0.4 is 9.80 Å². The number of aliphatic hydroxyl groups excluding tert-OH is 1. The highest BCUT2D eigenvalue weighted by Crippen LogP contribution is 2.58. The van der Waals surface area contributed by atoms with Crippen LogP contribution in [0.5, 0.6) is 0 Å². The summed E-state index contributed by atoms with van der Waals surface area (Å²) in [6, 6.07) is 15.6. The van der Waals surface area contributed by atoms with Crippen LogP contribution in [0.1, 0.15) is 36.8 Å². The van der Waals surface area contributed by atoms with E-state index in [0.717, 1.165) is 42.5 Å². The maximum absolute atomic E-state index is 13.5. The smallest absolute Gasteiger partial charge is 0.238 e. The van der Waals surface area contributed by atoms with Crippen molar-refractivity contribution in [1.82, 2.24) is 0 Å². The number of hydrogen-bond donors (Lipinski definition) is 1. The second kappa shape index (κ2) is 9.75. The molecule has 3 amide bonds. The highest BCUT2D eigenvalue weighted by atomic mass is 16.3. The van der Waals surface area contributed by atoms with Crippen LogP contribution in [-0.2, 0) is 20.8 Å². The molecule has 0 spiro atoms. The van der Waals surface area contributed by atoms with Crippen LogP contribution in [0, 0.1) is 47.3 Å². The summed E-state index contributed by atoms with van der Waals surface area (Å²) in [6.45, 7) is 7.71. The van der Waals surface area contributed by atoms with E-state index in [4.69, 9.17) is 0 Å². The van der Waals surface area contributed by atoms with E-state index in [0.29, 0.717) is 12.1 Å². The number of aliphatic hydroxyl groups is 1. The molecule has 0 radical (unpaired) electrons. The molecule has 2 saturated heterocycles. The summed E-state index contributed by atoms with van der Waals surface area (Å²) in [5, 5.41) is 11.2. The summed E-state index contributed by atoms with van der Waals surface area (Å²) < 4.78 is 0. The molecule has 6 heteroatoms. The van der Waals surface area contributed by atoms with Crippen LogP contribution >= 0.6 is 0 Å². The third-order valence-electron chi connectivity index (χ3n) is 11.2. The van der Waals surface area contributed by atoms with E-state index in [2.05, 4.69) is 25.3 Å². The van der Waals surface area contributed by atoms with Crippen molar-refractivity contribution in [3.8, 4) is 0 Å². The molecule has 218 valence electrons. The number of imide groups is 1. The number of allylic oxidation sites excluding steroid dienone is 6. The molecule has 43 heavy (non-hydrogen) atoms. The largest absolute Gasteiger partial charge is 0.373 e. The first-order valence-corrected chi connectivity index (χ1v) is 15.6. The SMILES string of the molecule is C=CCC1=CC2CC1C1C(=O)N(c3ccc(Cc4ccc(N5C(=O)C6C7CC(C=C7CC=C)C6C5O)cc4)cc3)C(=O)C21. The minimum Gasteiger partial charge on any atom is -0.373 e. The quantitative estimate of drug-likeness (QED) is 0.331. The van der Waals surface area contributed by atoms with Gasteiger partial charge in [0.25, 0.3) is 0 Å². The Bertz CT molecular complexity index is 1620. The van der Waals surface area contributed by atoms with Gasteiger partial charge in [0, 0.05) is 11.6 Å². The lowest BCUT2D eigenvalue weighted by Gasteiger charge is -2.25. The predicted molar refractivity (Wildman–Crippen MR) is 165 cm³/mol. The van der Waals surface area contributed by atoms with Crippen LogP contribution in [0.2, 0.25) is 0 Å². The molecular formula is C37H36N2O4. The molecular weight excluding hydrogens is 536 g/mol. The number of fused-ring (bicyclic) bond motifs is 10. The van der Waals surface area contributed by atoms with Gasteiger partial charge in [-0.2, -0.15) is 0 Å². The Labute approximate surface area is 252 Å². The van der Waals surface area contributed by atoms with E-state index < -0.39 is 6.23 Å². The molecule has 2 saturated carbocycles. The van der Waals surface area contributed by atoms with Gasteiger partial charge >= 0.3 is 0 Å². The molecule has 8 rings (SSSR count). The Morgan fingerprint density at radius 3 is 1.86 bits per heavy atom. The van der Waals surface area contributed by atoms with Crippen LogP contribution in [-0.4, -0.2) is 29.1 Å². The van der Waals surface area contributed by atoms with Gasteiger partial charge in [-0.3, -0.25) is 24.2 Å². The van der Waals surface area contributed by atoms with Gasteiger partial charge in [-0.15, -0.1) is 13.2 Å². The van der Waals surface area contributed by atoms with Crippen LogP contribution in [0.15, 0.2) is 97.1 Å². The molecule has 2 aliphatic heterocycles. The molecule has 6 nitrogen and oxygen atoms in total. The van der Waals surface area contributed by atoms with Gasteiger partial charge in [0.15, 0.2) is 0 Å². The first-order chi connectivity index (χ1) is 20.9. The number of carbonyl (C=O) groups is 3. The van der Waals surface area contributed by atoms with Gasteiger partial charge in [0.2, 0.25) is 17.7 Å². The molecule has 4 fully saturated rings. The Morgan fingerprint density at radius 1 is 0.698 bits per heavy atom. The van der Waals surface area contributed by atoms with E-state index in [1.54, 1.807) is 4.90 Å². The molecule has 2 heterocycles. The minimum atomic E-state index is -0.803. The van der Waals surface area contributed by atoms with Crippen molar-refractivity contribution in [1.29, 1.82) is 0 Å². The molecule has 6 aliphatic rings. The highest BCUT2D eigenvalue weighted by Gasteiger charge is 2.62. The molecule has 0 aromatic heterocycles. The number of rotatable bonds is 8. The lowest BCUT2D eigenvalue weighted by atomic mass is 9.80. The van der Waals surface area contributed by atoms with Crippen LogP contribution in [0.3, 0.4) is 0 Å². The molecule has 2 aromatic rings. The Balaban J connectivity index is 0.944. The van der Waals surface area contributed by atoms with Gasteiger partial charge in [-0.25, -0.2) is 0 Å². The zero-order valence-corrected chi connectivity index (χ0v) is 24.1. The summed E-state index contributed by atoms with van der Waals surface area (Å²) in [7, 11) is 0. The van der Waals surface area contributed by atoms with E-state index in [-0.39, 0.29) is 65.1 Å². The summed E-state index contributed by atoms with van der Waals surface area (Å²) in [5.41, 5.74) is 6.07. The van der Waals surface area contributed by atoms with Crippen LogP contribution in [0.25, 0.3) is 0 Å². The van der Waals surface area contributed by atoms with Gasteiger partial charge in [-0.1, -0.05) is 59.7 Å². The predicted octanol–water partition coefficient (Wildman–Crippen LogP) is 5.58. The molecule has 9 atom stereocenters. The molecule has 2 aromatic carbocycles. The number of nitrogens with zero attached hydrogens (tertiary/aromatic N) is 2. The maximum Gasteiger partial charge on any atom is 0.238 e. The number of anilines is 2. The van der Waals surface area contributed by atoms with Crippen molar-refractivity contribution < 1.29 is 19.5 Å². The zero-order valence-electron chi connectivity index (χ0n) is 24.1. The second-order valence-electron chi connectivity index (χ2n) is 13.3. The summed E-state index contributed by atoms with van der Waals surface area (Å²) in [6.07, 6.45) is 11.6. The fourth-order valence-electron chi connectivity index (χ4n) is 9.50. The average Bonchev–Trinajstić information content (AvgIpc) is 3.83. The first kappa shape index (κ1) is 26.6. The Kier molecular flexibility index (Phi) is 6.03. The maximum atomic E-state index is 13.5. The van der Waals surface area contributed by atoms with Crippen molar-refractivity contribution in [3.05, 3.63) is 108 Å². The second-order valence-corrected chi connectivity index (χ2v) is 13.3. The first-order valence-electron chi connectivity index (χ1n) is 15.6. The lowest BCUT2D eigenvalue weighted by Crippen LogP contribution is -2.36. The molecule has 4 aliphatic carbocycles. The lowest BCUT2D eigenvalue weighted by molar-refractivity contribution is -0.123. The minimum absolute atomic E-state index is 0.0267. The van der Waals surface area contributed by atoms with Gasteiger partial charge in [-0.05, 0) is 91.2 Å². The van der Waals surface area contributed by atoms with E-state index in [9.17, 15) is 19.5 Å². The van der Waals surface area contributed by atoms with Gasteiger partial charge in [0.1, 0.15) is 6.23 Å². The fourth-order valence-corrected chi connectivity index (χ4v) is 9.50. The molecule has 4 bridgehead atoms. The van der Waals surface area contributed by atoms with Crippen molar-refractivity contribution in [2.45, 2.75) is 38.3 Å². The highest BCUT2D eigenvalue weighted by molar-refractivity contribution is 6.22. The number of carbonyl (C=O) groups excluding carboxylic acids is 3. The monoisotopic (exact) mass is 572 g/mol. The Morgan fingerprint density at radius 2 is 1.23 bits per heavy atom. The van der Waals surface area contributed by atoms with Crippen molar-refractivity contribution in [2.75, 3.05) is 9.80 Å². The van der Waals surface area contributed by atoms with Crippen molar-refractivity contribution in [3.63, 3.8) is 0 Å². The zero-order chi connectivity index (χ0) is 29.6. The normalized spacial score (nSPS) is 35.0.